The maximum absolute atomic E-state index is 11.8. The van der Waals surface area contributed by atoms with Crippen LogP contribution in [0.25, 0.3) is 0 Å². The highest BCUT2D eigenvalue weighted by molar-refractivity contribution is 9.10. The highest BCUT2D eigenvalue weighted by atomic mass is 79.9. The number of benzene rings is 1. The zero-order valence-electron chi connectivity index (χ0n) is 12.9. The Balaban J connectivity index is 2.50. The average Bonchev–Trinajstić information content (AvgIpc) is 2.40. The van der Waals surface area contributed by atoms with Crippen molar-refractivity contribution in [3.63, 3.8) is 0 Å². The smallest absolute Gasteiger partial charge is 0.223 e. The molecule has 116 valence electrons. The summed E-state index contributed by atoms with van der Waals surface area (Å²) in [6.45, 7) is 6.84. The SMILES string of the molecule is CC(=O)N(CCC(=O)NCCC(C)C)c1ccc(Br)cc1. The molecule has 0 unspecified atom stereocenters. The molecule has 5 heteroatoms. The van der Waals surface area contributed by atoms with Crippen LogP contribution in [0.1, 0.15) is 33.6 Å². The number of nitrogens with zero attached hydrogens (tertiary/aromatic N) is 1. The fourth-order valence-electron chi connectivity index (χ4n) is 1.89. The Hall–Kier alpha value is -1.36. The van der Waals surface area contributed by atoms with E-state index in [0.29, 0.717) is 25.4 Å². The third-order valence-electron chi connectivity index (χ3n) is 3.12. The van der Waals surface area contributed by atoms with Crippen LogP contribution in [0.5, 0.6) is 0 Å². The highest BCUT2D eigenvalue weighted by Crippen LogP contribution is 2.18. The van der Waals surface area contributed by atoms with Gasteiger partial charge in [-0.05, 0) is 36.6 Å². The van der Waals surface area contributed by atoms with Crippen molar-refractivity contribution in [1.82, 2.24) is 5.32 Å². The molecule has 1 N–H and O–H groups in total. The van der Waals surface area contributed by atoms with E-state index in [2.05, 4.69) is 35.1 Å². The van der Waals surface area contributed by atoms with Gasteiger partial charge in [-0.25, -0.2) is 0 Å². The number of carbonyl (C=O) groups is 2. The van der Waals surface area contributed by atoms with E-state index in [0.717, 1.165) is 16.6 Å². The molecule has 0 aliphatic rings. The molecule has 0 bridgehead atoms. The predicted octanol–water partition coefficient (Wildman–Crippen LogP) is 3.35. The molecule has 1 aromatic carbocycles. The summed E-state index contributed by atoms with van der Waals surface area (Å²) >= 11 is 3.37. The molecule has 0 saturated carbocycles. The molecule has 21 heavy (non-hydrogen) atoms. The molecule has 0 heterocycles. The van der Waals surface area contributed by atoms with Gasteiger partial charge in [0.2, 0.25) is 11.8 Å². The molecule has 4 nitrogen and oxygen atoms in total. The first-order valence-corrected chi connectivity index (χ1v) is 8.00. The van der Waals surface area contributed by atoms with Gasteiger partial charge in [0.05, 0.1) is 0 Å². The number of hydrogen-bond acceptors (Lipinski definition) is 2. The number of hydrogen-bond donors (Lipinski definition) is 1. The maximum Gasteiger partial charge on any atom is 0.223 e. The van der Waals surface area contributed by atoms with Crippen LogP contribution in [0.15, 0.2) is 28.7 Å². The Kier molecular flexibility index (Phi) is 7.43. The van der Waals surface area contributed by atoms with Gasteiger partial charge in [-0.3, -0.25) is 9.59 Å². The van der Waals surface area contributed by atoms with Gasteiger partial charge in [-0.2, -0.15) is 0 Å². The third kappa shape index (κ3) is 6.76. The lowest BCUT2D eigenvalue weighted by Gasteiger charge is -2.21. The van der Waals surface area contributed by atoms with E-state index in [-0.39, 0.29) is 11.8 Å². The Morgan fingerprint density at radius 1 is 1.24 bits per heavy atom. The largest absolute Gasteiger partial charge is 0.356 e. The summed E-state index contributed by atoms with van der Waals surface area (Å²) in [5, 5.41) is 2.88. The standard InChI is InChI=1S/C16H23BrN2O2/c1-12(2)8-10-18-16(21)9-11-19(13(3)20)15-6-4-14(17)5-7-15/h4-7,12H,8-11H2,1-3H3,(H,18,21). The van der Waals surface area contributed by atoms with Crippen molar-refractivity contribution >= 4 is 33.4 Å². The first kappa shape index (κ1) is 17.7. The Labute approximate surface area is 135 Å². The normalized spacial score (nSPS) is 10.5. The molecule has 0 atom stereocenters. The van der Waals surface area contributed by atoms with Gasteiger partial charge in [-0.1, -0.05) is 29.8 Å². The van der Waals surface area contributed by atoms with Crippen LogP contribution in [0.3, 0.4) is 0 Å². The molecule has 0 saturated heterocycles. The van der Waals surface area contributed by atoms with Gasteiger partial charge in [0.15, 0.2) is 0 Å². The number of nitrogens with one attached hydrogen (secondary N) is 1. The molecule has 1 aromatic rings. The number of anilines is 1. The second-order valence-corrected chi connectivity index (χ2v) is 6.35. The second-order valence-electron chi connectivity index (χ2n) is 5.43. The van der Waals surface area contributed by atoms with Crippen LogP contribution in [0.4, 0.5) is 5.69 Å². The summed E-state index contributed by atoms with van der Waals surface area (Å²) < 4.78 is 0.959. The zero-order chi connectivity index (χ0) is 15.8. The molecule has 2 amide bonds. The summed E-state index contributed by atoms with van der Waals surface area (Å²) in [4.78, 5) is 25.1. The second kappa shape index (κ2) is 8.82. The lowest BCUT2D eigenvalue weighted by molar-refractivity contribution is -0.121. The van der Waals surface area contributed by atoms with Crippen molar-refractivity contribution in [3.05, 3.63) is 28.7 Å². The summed E-state index contributed by atoms with van der Waals surface area (Å²) in [6, 6.07) is 7.49. The first-order chi connectivity index (χ1) is 9.90. The minimum atomic E-state index is -0.0627. The van der Waals surface area contributed by atoms with Gasteiger partial charge in [-0.15, -0.1) is 0 Å². The minimum absolute atomic E-state index is 0.0148. The van der Waals surface area contributed by atoms with Crippen molar-refractivity contribution in [2.45, 2.75) is 33.6 Å². The number of carbonyl (C=O) groups excluding carboxylic acids is 2. The van der Waals surface area contributed by atoms with Crippen molar-refractivity contribution < 1.29 is 9.59 Å². The molecule has 0 fully saturated rings. The quantitative estimate of drug-likeness (QED) is 0.815. The summed E-state index contributed by atoms with van der Waals surface area (Å²) in [5.41, 5.74) is 0.806. The number of rotatable bonds is 7. The van der Waals surface area contributed by atoms with E-state index in [9.17, 15) is 9.59 Å². The maximum atomic E-state index is 11.8. The first-order valence-electron chi connectivity index (χ1n) is 7.20. The van der Waals surface area contributed by atoms with Crippen molar-refractivity contribution in [1.29, 1.82) is 0 Å². The van der Waals surface area contributed by atoms with E-state index in [1.165, 1.54) is 6.92 Å². The van der Waals surface area contributed by atoms with Crippen molar-refractivity contribution in [3.8, 4) is 0 Å². The molecule has 0 spiro atoms. The van der Waals surface area contributed by atoms with Crippen LogP contribution in [0, 0.1) is 5.92 Å². The van der Waals surface area contributed by atoms with Gasteiger partial charge >= 0.3 is 0 Å². The van der Waals surface area contributed by atoms with E-state index in [1.54, 1.807) is 4.90 Å². The van der Waals surface area contributed by atoms with Gasteiger partial charge in [0, 0.05) is 36.6 Å². The molecule has 0 aliphatic heterocycles. The lowest BCUT2D eigenvalue weighted by atomic mass is 10.1. The molecule has 1 rings (SSSR count). The zero-order valence-corrected chi connectivity index (χ0v) is 14.4. The molecule has 0 radical (unpaired) electrons. The Morgan fingerprint density at radius 2 is 1.86 bits per heavy atom. The molecular weight excluding hydrogens is 332 g/mol. The summed E-state index contributed by atoms with van der Waals surface area (Å²) in [6.07, 6.45) is 1.28. The molecule has 0 aliphatic carbocycles. The number of amides is 2. The summed E-state index contributed by atoms with van der Waals surface area (Å²) in [7, 11) is 0. The van der Waals surface area contributed by atoms with Crippen LogP contribution in [0.2, 0.25) is 0 Å². The van der Waals surface area contributed by atoms with E-state index >= 15 is 0 Å². The van der Waals surface area contributed by atoms with Crippen molar-refractivity contribution in [2.24, 2.45) is 5.92 Å². The van der Waals surface area contributed by atoms with Gasteiger partial charge in [0.1, 0.15) is 0 Å². The minimum Gasteiger partial charge on any atom is -0.356 e. The Morgan fingerprint density at radius 3 is 2.38 bits per heavy atom. The molecule has 0 aromatic heterocycles. The van der Waals surface area contributed by atoms with Gasteiger partial charge < -0.3 is 10.2 Å². The van der Waals surface area contributed by atoms with Crippen LogP contribution in [-0.2, 0) is 9.59 Å². The lowest BCUT2D eigenvalue weighted by Crippen LogP contribution is -2.34. The fraction of sp³-hybridized carbons (Fsp3) is 0.500. The number of halogens is 1. The highest BCUT2D eigenvalue weighted by Gasteiger charge is 2.13. The van der Waals surface area contributed by atoms with Gasteiger partial charge in [0.25, 0.3) is 0 Å². The van der Waals surface area contributed by atoms with E-state index in [4.69, 9.17) is 0 Å². The van der Waals surface area contributed by atoms with E-state index in [1.807, 2.05) is 24.3 Å². The molecular formula is C16H23BrN2O2. The summed E-state index contributed by atoms with van der Waals surface area (Å²) in [5.74, 6) is 0.494. The Bertz CT molecular complexity index is 472. The van der Waals surface area contributed by atoms with Crippen LogP contribution >= 0.6 is 15.9 Å². The predicted molar refractivity (Wildman–Crippen MR) is 89.3 cm³/mol. The average molecular weight is 355 g/mol. The van der Waals surface area contributed by atoms with E-state index < -0.39 is 0 Å². The monoisotopic (exact) mass is 354 g/mol. The van der Waals surface area contributed by atoms with Crippen LogP contribution in [-0.4, -0.2) is 24.9 Å². The van der Waals surface area contributed by atoms with Crippen LogP contribution < -0.4 is 10.2 Å². The topological polar surface area (TPSA) is 49.4 Å². The fourth-order valence-corrected chi connectivity index (χ4v) is 2.16. The van der Waals surface area contributed by atoms with Crippen molar-refractivity contribution in [2.75, 3.05) is 18.0 Å². The third-order valence-corrected chi connectivity index (χ3v) is 3.65.